The Bertz CT molecular complexity index is 900. The Morgan fingerprint density at radius 2 is 1.91 bits per heavy atom. The Balaban J connectivity index is 1.79. The zero-order valence-corrected chi connectivity index (χ0v) is 11.8. The van der Waals surface area contributed by atoms with E-state index in [2.05, 4.69) is 9.97 Å². The molecule has 0 radical (unpaired) electrons. The van der Waals surface area contributed by atoms with Crippen molar-refractivity contribution in [1.82, 2.24) is 9.97 Å². The number of hydrogen-bond donors (Lipinski definition) is 1. The molecule has 23 heavy (non-hydrogen) atoms. The summed E-state index contributed by atoms with van der Waals surface area (Å²) in [7, 11) is 0. The maximum atomic E-state index is 13.5. The molecule has 0 aliphatic heterocycles. The van der Waals surface area contributed by atoms with E-state index in [9.17, 15) is 13.6 Å². The van der Waals surface area contributed by atoms with Gasteiger partial charge in [0.05, 0.1) is 11.1 Å². The minimum Gasteiger partial charge on any atom is -0.454 e. The summed E-state index contributed by atoms with van der Waals surface area (Å²) in [6.07, 6.45) is 0. The summed E-state index contributed by atoms with van der Waals surface area (Å²) < 4.78 is 31.3. The van der Waals surface area contributed by atoms with Crippen LogP contribution in [0, 0.1) is 11.6 Å². The van der Waals surface area contributed by atoms with Gasteiger partial charge in [0.15, 0.2) is 12.4 Å². The van der Waals surface area contributed by atoms with E-state index < -0.39 is 17.6 Å². The summed E-state index contributed by atoms with van der Waals surface area (Å²) in [6.45, 7) is -0.273. The fraction of sp³-hybridized carbons (Fsp3) is 0.0625. The molecule has 0 amide bonds. The second kappa shape index (κ2) is 5.96. The molecule has 0 saturated carbocycles. The highest BCUT2D eigenvalue weighted by Gasteiger charge is 2.15. The van der Waals surface area contributed by atoms with Crippen LogP contribution in [0.15, 0.2) is 42.5 Å². The zero-order chi connectivity index (χ0) is 16.4. The molecule has 1 aromatic heterocycles. The van der Waals surface area contributed by atoms with Crippen molar-refractivity contribution in [3.63, 3.8) is 0 Å². The number of anilines is 1. The minimum atomic E-state index is -0.992. The van der Waals surface area contributed by atoms with Gasteiger partial charge in [-0.1, -0.05) is 12.1 Å². The van der Waals surface area contributed by atoms with E-state index in [0.29, 0.717) is 17.0 Å². The lowest BCUT2D eigenvalue weighted by Gasteiger charge is -2.07. The lowest BCUT2D eigenvalue weighted by atomic mass is 10.2. The van der Waals surface area contributed by atoms with Gasteiger partial charge in [0.25, 0.3) is 0 Å². The number of nitrogens with two attached hydrogens (primary N) is 1. The first-order valence-corrected chi connectivity index (χ1v) is 6.68. The fourth-order valence-corrected chi connectivity index (χ4v) is 2.08. The summed E-state index contributed by atoms with van der Waals surface area (Å²) in [6, 6.07) is 9.72. The summed E-state index contributed by atoms with van der Waals surface area (Å²) in [4.78, 5) is 20.1. The number of nitrogen functional groups attached to an aromatic ring is 1. The normalized spacial score (nSPS) is 10.7. The molecule has 0 aliphatic carbocycles. The second-order valence-corrected chi connectivity index (χ2v) is 4.74. The number of carbonyl (C=O) groups excluding carboxylic acids is 1. The van der Waals surface area contributed by atoms with Gasteiger partial charge >= 0.3 is 5.97 Å². The molecule has 3 aromatic rings. The highest BCUT2D eigenvalue weighted by Crippen LogP contribution is 2.18. The number of nitrogens with zero attached hydrogens (tertiary/aromatic N) is 2. The monoisotopic (exact) mass is 315 g/mol. The molecule has 0 fully saturated rings. The van der Waals surface area contributed by atoms with E-state index in [1.54, 1.807) is 24.3 Å². The molecule has 0 spiro atoms. The van der Waals surface area contributed by atoms with Gasteiger partial charge in [0.1, 0.15) is 17.5 Å². The third-order valence-electron chi connectivity index (χ3n) is 3.16. The van der Waals surface area contributed by atoms with Crippen molar-refractivity contribution in [3.05, 3.63) is 65.5 Å². The number of aromatic nitrogens is 2. The quantitative estimate of drug-likeness (QED) is 0.752. The maximum absolute atomic E-state index is 13.5. The van der Waals surface area contributed by atoms with E-state index in [0.717, 1.165) is 12.1 Å². The van der Waals surface area contributed by atoms with Gasteiger partial charge in [0.2, 0.25) is 0 Å². The smallest absolute Gasteiger partial charge is 0.341 e. The van der Waals surface area contributed by atoms with Crippen LogP contribution in [0.1, 0.15) is 16.2 Å². The molecule has 7 heteroatoms. The minimum absolute atomic E-state index is 0.192. The van der Waals surface area contributed by atoms with Crippen molar-refractivity contribution in [2.75, 3.05) is 5.73 Å². The Hall–Kier alpha value is -3.09. The fourth-order valence-electron chi connectivity index (χ4n) is 2.08. The van der Waals surface area contributed by atoms with E-state index >= 15 is 0 Å². The van der Waals surface area contributed by atoms with Crippen LogP contribution < -0.4 is 5.73 Å². The Morgan fingerprint density at radius 1 is 1.13 bits per heavy atom. The van der Waals surface area contributed by atoms with Crippen LogP contribution in [0.3, 0.4) is 0 Å². The van der Waals surface area contributed by atoms with Crippen LogP contribution >= 0.6 is 0 Å². The second-order valence-electron chi connectivity index (χ2n) is 4.74. The molecule has 2 aromatic carbocycles. The highest BCUT2D eigenvalue weighted by molar-refractivity contribution is 5.90. The molecule has 0 unspecified atom stereocenters. The first-order valence-electron chi connectivity index (χ1n) is 6.68. The molecule has 3 rings (SSSR count). The molecule has 0 bridgehead atoms. The Kier molecular flexibility index (Phi) is 3.84. The van der Waals surface area contributed by atoms with Crippen molar-refractivity contribution in [3.8, 4) is 0 Å². The van der Waals surface area contributed by atoms with Gasteiger partial charge < -0.3 is 10.5 Å². The SMILES string of the molecule is Nc1nc(COC(=O)c2ccc(F)cc2F)nc2ccccc12. The van der Waals surface area contributed by atoms with Crippen LogP contribution in [0.5, 0.6) is 0 Å². The molecule has 0 aliphatic rings. The molecule has 0 atom stereocenters. The summed E-state index contributed by atoms with van der Waals surface area (Å²) in [5.74, 6) is -2.25. The Morgan fingerprint density at radius 3 is 2.70 bits per heavy atom. The number of rotatable bonds is 3. The highest BCUT2D eigenvalue weighted by atomic mass is 19.1. The van der Waals surface area contributed by atoms with E-state index in [1.165, 1.54) is 0 Å². The third-order valence-corrected chi connectivity index (χ3v) is 3.16. The van der Waals surface area contributed by atoms with E-state index in [4.69, 9.17) is 10.5 Å². The van der Waals surface area contributed by atoms with Crippen LogP contribution in [0.4, 0.5) is 14.6 Å². The van der Waals surface area contributed by atoms with E-state index in [1.807, 2.05) is 0 Å². The number of hydrogen-bond acceptors (Lipinski definition) is 5. The first kappa shape index (κ1) is 14.8. The van der Waals surface area contributed by atoms with Gasteiger partial charge in [-0.3, -0.25) is 0 Å². The number of benzene rings is 2. The number of esters is 1. The van der Waals surface area contributed by atoms with Crippen molar-refractivity contribution in [2.24, 2.45) is 0 Å². The van der Waals surface area contributed by atoms with Crippen LogP contribution in [0.2, 0.25) is 0 Å². The summed E-state index contributed by atoms with van der Waals surface area (Å²) in [5, 5.41) is 0.687. The van der Waals surface area contributed by atoms with Gasteiger partial charge in [-0.2, -0.15) is 0 Å². The van der Waals surface area contributed by atoms with E-state index in [-0.39, 0.29) is 23.8 Å². The lowest BCUT2D eigenvalue weighted by molar-refractivity contribution is 0.0457. The van der Waals surface area contributed by atoms with Crippen LogP contribution in [-0.4, -0.2) is 15.9 Å². The molecule has 1 heterocycles. The number of halogens is 2. The summed E-state index contributed by atoms with van der Waals surface area (Å²) in [5.41, 5.74) is 6.07. The molecule has 2 N–H and O–H groups in total. The molecule has 5 nitrogen and oxygen atoms in total. The number of ether oxygens (including phenoxy) is 1. The topological polar surface area (TPSA) is 78.1 Å². The van der Waals surface area contributed by atoms with Crippen LogP contribution in [0.25, 0.3) is 10.9 Å². The molecule has 0 saturated heterocycles. The average molecular weight is 315 g/mol. The van der Waals surface area contributed by atoms with Crippen LogP contribution in [-0.2, 0) is 11.3 Å². The number of carbonyl (C=O) groups is 1. The summed E-state index contributed by atoms with van der Waals surface area (Å²) >= 11 is 0. The average Bonchev–Trinajstić information content (AvgIpc) is 2.53. The molecular formula is C16H11F2N3O2. The van der Waals surface area contributed by atoms with Gasteiger partial charge in [-0.25, -0.2) is 23.5 Å². The predicted octanol–water partition coefficient (Wildman–Crippen LogP) is 2.85. The predicted molar refractivity (Wildman–Crippen MR) is 79.4 cm³/mol. The third kappa shape index (κ3) is 3.08. The van der Waals surface area contributed by atoms with Gasteiger partial charge in [-0.15, -0.1) is 0 Å². The number of para-hydroxylation sites is 1. The lowest BCUT2D eigenvalue weighted by Crippen LogP contribution is -2.10. The largest absolute Gasteiger partial charge is 0.454 e. The molecular weight excluding hydrogens is 304 g/mol. The van der Waals surface area contributed by atoms with Gasteiger partial charge in [-0.05, 0) is 24.3 Å². The zero-order valence-electron chi connectivity index (χ0n) is 11.8. The molecule has 116 valence electrons. The van der Waals surface area contributed by atoms with Crippen molar-refractivity contribution >= 4 is 22.7 Å². The van der Waals surface area contributed by atoms with Crippen molar-refractivity contribution in [1.29, 1.82) is 0 Å². The standard InChI is InChI=1S/C16H11F2N3O2/c17-9-5-6-10(12(18)7-9)16(22)23-8-14-20-13-4-2-1-3-11(13)15(19)21-14/h1-7H,8H2,(H2,19,20,21). The number of fused-ring (bicyclic) bond motifs is 1. The van der Waals surface area contributed by atoms with Gasteiger partial charge in [0, 0.05) is 11.5 Å². The van der Waals surface area contributed by atoms with Crippen molar-refractivity contribution < 1.29 is 18.3 Å². The maximum Gasteiger partial charge on any atom is 0.341 e. The first-order chi connectivity index (χ1) is 11.0. The van der Waals surface area contributed by atoms with Crippen molar-refractivity contribution in [2.45, 2.75) is 6.61 Å². The Labute approximate surface area is 129 Å².